The van der Waals surface area contributed by atoms with E-state index in [1.54, 1.807) is 36.4 Å². The Kier molecular flexibility index (Phi) is 4.20. The van der Waals surface area contributed by atoms with E-state index in [0.717, 1.165) is 5.56 Å². The van der Waals surface area contributed by atoms with E-state index in [1.807, 2.05) is 19.1 Å². The molecule has 0 radical (unpaired) electrons. The number of hydrogen-bond acceptors (Lipinski definition) is 5. The molecule has 0 saturated carbocycles. The van der Waals surface area contributed by atoms with Crippen LogP contribution in [0.2, 0.25) is 0 Å². The first kappa shape index (κ1) is 15.4. The zero-order valence-electron chi connectivity index (χ0n) is 12.4. The fourth-order valence-corrected chi connectivity index (χ4v) is 2.40. The topological polar surface area (TPSA) is 76.1 Å². The summed E-state index contributed by atoms with van der Waals surface area (Å²) in [5.74, 6) is -1.04. The minimum absolute atomic E-state index is 0.176. The summed E-state index contributed by atoms with van der Waals surface area (Å²) >= 11 is 0. The molecule has 6 heteroatoms. The van der Waals surface area contributed by atoms with Gasteiger partial charge in [0.05, 0.1) is 11.1 Å². The van der Waals surface area contributed by atoms with Crippen molar-refractivity contribution in [1.82, 2.24) is 5.06 Å². The standard InChI is InChI=1S/C17H15NO5/c1-11-6-8-12(9-7-11)15(23-21)10-22-18-16(19)13-4-2-3-5-14(13)17(18)20/h2-9,15,21H,10H2,1H3. The second-order valence-electron chi connectivity index (χ2n) is 5.25. The number of rotatable bonds is 5. The van der Waals surface area contributed by atoms with Crippen molar-refractivity contribution in [3.05, 3.63) is 70.8 Å². The van der Waals surface area contributed by atoms with E-state index in [2.05, 4.69) is 4.89 Å². The van der Waals surface area contributed by atoms with Gasteiger partial charge in [0, 0.05) is 0 Å². The van der Waals surface area contributed by atoms with E-state index in [0.29, 0.717) is 21.8 Å². The summed E-state index contributed by atoms with van der Waals surface area (Å²) in [4.78, 5) is 34.0. The lowest BCUT2D eigenvalue weighted by Gasteiger charge is -2.18. The van der Waals surface area contributed by atoms with Crippen LogP contribution in [-0.4, -0.2) is 28.7 Å². The molecule has 1 atom stereocenters. The average molecular weight is 313 g/mol. The van der Waals surface area contributed by atoms with Crippen LogP contribution in [0.25, 0.3) is 0 Å². The molecule has 0 saturated heterocycles. The van der Waals surface area contributed by atoms with E-state index in [9.17, 15) is 9.59 Å². The highest BCUT2D eigenvalue weighted by Gasteiger charge is 2.37. The first-order valence-electron chi connectivity index (χ1n) is 7.09. The van der Waals surface area contributed by atoms with Gasteiger partial charge < -0.3 is 0 Å². The number of nitrogens with zero attached hydrogens (tertiary/aromatic N) is 1. The minimum atomic E-state index is -0.806. The highest BCUT2D eigenvalue weighted by Crippen LogP contribution is 2.24. The Bertz CT molecular complexity index is 706. The maximum Gasteiger partial charge on any atom is 0.285 e. The molecule has 1 aliphatic rings. The fourth-order valence-electron chi connectivity index (χ4n) is 2.40. The van der Waals surface area contributed by atoms with Gasteiger partial charge in [0.15, 0.2) is 0 Å². The number of aryl methyl sites for hydroxylation is 1. The predicted octanol–water partition coefficient (Wildman–Crippen LogP) is 2.75. The number of benzene rings is 2. The summed E-state index contributed by atoms with van der Waals surface area (Å²) in [6.07, 6.45) is -0.806. The molecule has 2 aromatic rings. The summed E-state index contributed by atoms with van der Waals surface area (Å²) < 4.78 is 0. The van der Waals surface area contributed by atoms with Crippen LogP contribution in [-0.2, 0) is 9.73 Å². The third kappa shape index (κ3) is 2.87. The summed E-state index contributed by atoms with van der Waals surface area (Å²) in [5.41, 5.74) is 2.34. The Balaban J connectivity index is 1.72. The lowest BCUT2D eigenvalue weighted by Crippen LogP contribution is -2.32. The van der Waals surface area contributed by atoms with Gasteiger partial charge in [0.2, 0.25) is 0 Å². The highest BCUT2D eigenvalue weighted by molar-refractivity contribution is 6.20. The smallest absolute Gasteiger partial charge is 0.266 e. The van der Waals surface area contributed by atoms with Crippen LogP contribution >= 0.6 is 0 Å². The molecule has 23 heavy (non-hydrogen) atoms. The van der Waals surface area contributed by atoms with Gasteiger partial charge in [-0.2, -0.15) is 0 Å². The number of hydroxylamine groups is 2. The quantitative estimate of drug-likeness (QED) is 0.522. The summed E-state index contributed by atoms with van der Waals surface area (Å²) in [6.45, 7) is 1.76. The molecule has 0 aromatic heterocycles. The summed E-state index contributed by atoms with van der Waals surface area (Å²) in [7, 11) is 0. The first-order chi connectivity index (χ1) is 11.1. The molecule has 1 heterocycles. The van der Waals surface area contributed by atoms with Crippen molar-refractivity contribution in [1.29, 1.82) is 0 Å². The van der Waals surface area contributed by atoms with Crippen LogP contribution in [0.15, 0.2) is 48.5 Å². The SMILES string of the molecule is Cc1ccc(C(CON2C(=O)c3ccccc3C2=O)OO)cc1. The third-order valence-corrected chi connectivity index (χ3v) is 3.69. The normalized spacial score (nSPS) is 15.0. The molecule has 118 valence electrons. The molecule has 2 amide bonds. The van der Waals surface area contributed by atoms with Crippen molar-refractivity contribution in [3.8, 4) is 0 Å². The van der Waals surface area contributed by atoms with Crippen LogP contribution in [0.3, 0.4) is 0 Å². The largest absolute Gasteiger partial charge is 0.285 e. The van der Waals surface area contributed by atoms with E-state index in [-0.39, 0.29) is 6.61 Å². The lowest BCUT2D eigenvalue weighted by atomic mass is 10.1. The van der Waals surface area contributed by atoms with Gasteiger partial charge in [-0.1, -0.05) is 42.0 Å². The van der Waals surface area contributed by atoms with Crippen molar-refractivity contribution in [2.24, 2.45) is 0 Å². The summed E-state index contributed by atoms with van der Waals surface area (Å²) in [5, 5.41) is 9.76. The van der Waals surface area contributed by atoms with Crippen molar-refractivity contribution in [2.45, 2.75) is 13.0 Å². The van der Waals surface area contributed by atoms with E-state index < -0.39 is 17.9 Å². The van der Waals surface area contributed by atoms with Gasteiger partial charge in [-0.05, 0) is 24.6 Å². The fraction of sp³-hybridized carbons (Fsp3) is 0.176. The molecule has 0 aliphatic carbocycles. The van der Waals surface area contributed by atoms with E-state index >= 15 is 0 Å². The van der Waals surface area contributed by atoms with Gasteiger partial charge in [-0.15, -0.1) is 5.06 Å². The minimum Gasteiger partial charge on any atom is -0.266 e. The van der Waals surface area contributed by atoms with Crippen molar-refractivity contribution >= 4 is 11.8 Å². The maximum atomic E-state index is 12.2. The van der Waals surface area contributed by atoms with Gasteiger partial charge in [-0.3, -0.25) is 19.7 Å². The van der Waals surface area contributed by atoms with Crippen molar-refractivity contribution in [2.75, 3.05) is 6.61 Å². The number of carbonyl (C=O) groups excluding carboxylic acids is 2. The molecule has 0 fully saturated rings. The maximum absolute atomic E-state index is 12.2. The van der Waals surface area contributed by atoms with Crippen LogP contribution < -0.4 is 0 Å². The second-order valence-corrected chi connectivity index (χ2v) is 5.25. The average Bonchev–Trinajstić information content (AvgIpc) is 2.82. The number of carbonyl (C=O) groups is 2. The molecule has 3 rings (SSSR count). The van der Waals surface area contributed by atoms with Crippen molar-refractivity contribution in [3.63, 3.8) is 0 Å². The third-order valence-electron chi connectivity index (χ3n) is 3.69. The molecule has 0 bridgehead atoms. The van der Waals surface area contributed by atoms with Gasteiger partial charge in [0.25, 0.3) is 11.8 Å². The van der Waals surface area contributed by atoms with Crippen molar-refractivity contribution < 1.29 is 24.6 Å². The van der Waals surface area contributed by atoms with Crippen LogP contribution in [0.4, 0.5) is 0 Å². The Hall–Kier alpha value is -2.54. The van der Waals surface area contributed by atoms with E-state index in [1.165, 1.54) is 0 Å². The molecule has 1 aliphatic heterocycles. The van der Waals surface area contributed by atoms with Gasteiger partial charge in [0.1, 0.15) is 12.7 Å². The monoisotopic (exact) mass is 313 g/mol. The molecule has 6 nitrogen and oxygen atoms in total. The zero-order valence-corrected chi connectivity index (χ0v) is 12.4. The molecule has 2 aromatic carbocycles. The van der Waals surface area contributed by atoms with E-state index in [4.69, 9.17) is 10.1 Å². The first-order valence-corrected chi connectivity index (χ1v) is 7.09. The Morgan fingerprint density at radius 3 is 2.09 bits per heavy atom. The zero-order chi connectivity index (χ0) is 16.4. The second kappa shape index (κ2) is 6.29. The van der Waals surface area contributed by atoms with Crippen LogP contribution in [0.5, 0.6) is 0 Å². The van der Waals surface area contributed by atoms with Gasteiger partial charge >= 0.3 is 0 Å². The Morgan fingerprint density at radius 2 is 1.57 bits per heavy atom. The molecule has 0 spiro atoms. The van der Waals surface area contributed by atoms with Crippen LogP contribution in [0.1, 0.15) is 37.9 Å². The van der Waals surface area contributed by atoms with Gasteiger partial charge in [-0.25, -0.2) is 4.89 Å². The molecule has 1 N–H and O–H groups in total. The molecular formula is C17H15NO5. The highest BCUT2D eigenvalue weighted by atomic mass is 17.1. The Labute approximate surface area is 132 Å². The number of amides is 2. The number of hydrogen-bond donors (Lipinski definition) is 1. The molecular weight excluding hydrogens is 298 g/mol. The molecule has 1 unspecified atom stereocenters. The lowest BCUT2D eigenvalue weighted by molar-refractivity contribution is -0.299. The van der Waals surface area contributed by atoms with Crippen LogP contribution in [0, 0.1) is 6.92 Å². The Morgan fingerprint density at radius 1 is 1.00 bits per heavy atom. The summed E-state index contributed by atoms with van der Waals surface area (Å²) in [6, 6.07) is 13.8. The predicted molar refractivity (Wildman–Crippen MR) is 80.5 cm³/mol. The number of imide groups is 1. The number of fused-ring (bicyclic) bond motifs is 1.